The lowest BCUT2D eigenvalue weighted by molar-refractivity contribution is -0.121. The summed E-state index contributed by atoms with van der Waals surface area (Å²) in [7, 11) is 1.68. The summed E-state index contributed by atoms with van der Waals surface area (Å²) in [6.07, 6.45) is 4.01. The lowest BCUT2D eigenvalue weighted by Gasteiger charge is -2.16. The molecule has 0 aliphatic heterocycles. The molecule has 1 saturated carbocycles. The zero-order valence-electron chi connectivity index (χ0n) is 11.6. The van der Waals surface area contributed by atoms with E-state index in [4.69, 9.17) is 4.74 Å². The lowest BCUT2D eigenvalue weighted by Crippen LogP contribution is -2.27. The molecular weight excluding hydrogens is 238 g/mol. The molecule has 0 radical (unpaired) electrons. The van der Waals surface area contributed by atoms with Gasteiger partial charge in [0, 0.05) is 26.7 Å². The van der Waals surface area contributed by atoms with Gasteiger partial charge in [0.25, 0.3) is 0 Å². The highest BCUT2D eigenvalue weighted by molar-refractivity contribution is 5.77. The van der Waals surface area contributed by atoms with Gasteiger partial charge in [-0.1, -0.05) is 30.3 Å². The number of benzene rings is 1. The minimum Gasteiger partial charge on any atom is -0.385 e. The number of rotatable bonds is 8. The largest absolute Gasteiger partial charge is 0.385 e. The molecule has 3 heteroatoms. The number of carbonyl (C=O) groups is 1. The molecule has 1 aromatic carbocycles. The molecule has 1 aliphatic carbocycles. The van der Waals surface area contributed by atoms with Crippen molar-refractivity contribution in [1.29, 1.82) is 0 Å². The van der Waals surface area contributed by atoms with Crippen molar-refractivity contribution in [1.82, 2.24) is 5.32 Å². The van der Waals surface area contributed by atoms with Gasteiger partial charge in [0.15, 0.2) is 0 Å². The fourth-order valence-corrected chi connectivity index (χ4v) is 2.47. The Labute approximate surface area is 115 Å². The molecule has 1 atom stereocenters. The third-order valence-electron chi connectivity index (χ3n) is 3.67. The summed E-state index contributed by atoms with van der Waals surface area (Å²) >= 11 is 0. The molecule has 19 heavy (non-hydrogen) atoms. The SMILES string of the molecule is COCCCNC(=O)CC(c1ccccc1)C1CC1. The summed E-state index contributed by atoms with van der Waals surface area (Å²) in [5, 5.41) is 2.98. The van der Waals surface area contributed by atoms with E-state index in [2.05, 4.69) is 29.6 Å². The number of hydrogen-bond acceptors (Lipinski definition) is 2. The van der Waals surface area contributed by atoms with Crippen molar-refractivity contribution in [3.63, 3.8) is 0 Å². The Hall–Kier alpha value is -1.35. The summed E-state index contributed by atoms with van der Waals surface area (Å²) in [6.45, 7) is 1.41. The molecule has 104 valence electrons. The van der Waals surface area contributed by atoms with Gasteiger partial charge in [0.2, 0.25) is 5.91 Å². The van der Waals surface area contributed by atoms with E-state index in [1.807, 2.05) is 6.07 Å². The van der Waals surface area contributed by atoms with Crippen LogP contribution in [-0.2, 0) is 9.53 Å². The Kier molecular flexibility index (Phi) is 5.40. The second kappa shape index (κ2) is 7.29. The van der Waals surface area contributed by atoms with Gasteiger partial charge >= 0.3 is 0 Å². The van der Waals surface area contributed by atoms with Gasteiger partial charge in [-0.15, -0.1) is 0 Å². The maximum absolute atomic E-state index is 12.0. The first-order chi connectivity index (χ1) is 9.31. The highest BCUT2D eigenvalue weighted by Crippen LogP contribution is 2.44. The zero-order chi connectivity index (χ0) is 13.5. The van der Waals surface area contributed by atoms with E-state index in [0.717, 1.165) is 6.42 Å². The Balaban J connectivity index is 1.82. The summed E-state index contributed by atoms with van der Waals surface area (Å²) < 4.78 is 4.97. The quantitative estimate of drug-likeness (QED) is 0.731. The van der Waals surface area contributed by atoms with Crippen LogP contribution >= 0.6 is 0 Å². The fourth-order valence-electron chi connectivity index (χ4n) is 2.47. The first-order valence-corrected chi connectivity index (χ1v) is 7.12. The van der Waals surface area contributed by atoms with Gasteiger partial charge in [-0.25, -0.2) is 0 Å². The van der Waals surface area contributed by atoms with Gasteiger partial charge in [-0.05, 0) is 36.7 Å². The van der Waals surface area contributed by atoms with Crippen molar-refractivity contribution in [3.8, 4) is 0 Å². The number of amides is 1. The summed E-state index contributed by atoms with van der Waals surface area (Å²) in [6, 6.07) is 10.4. The monoisotopic (exact) mass is 261 g/mol. The van der Waals surface area contributed by atoms with Crippen LogP contribution in [0.2, 0.25) is 0 Å². The van der Waals surface area contributed by atoms with Crippen molar-refractivity contribution < 1.29 is 9.53 Å². The van der Waals surface area contributed by atoms with Gasteiger partial charge < -0.3 is 10.1 Å². The maximum Gasteiger partial charge on any atom is 0.220 e. The lowest BCUT2D eigenvalue weighted by atomic mass is 9.91. The molecule has 1 aliphatic rings. The number of ether oxygens (including phenoxy) is 1. The molecule has 2 rings (SSSR count). The van der Waals surface area contributed by atoms with Crippen molar-refractivity contribution in [3.05, 3.63) is 35.9 Å². The van der Waals surface area contributed by atoms with Gasteiger partial charge in [-0.3, -0.25) is 4.79 Å². The maximum atomic E-state index is 12.0. The molecule has 0 spiro atoms. The second-order valence-electron chi connectivity index (χ2n) is 5.26. The molecule has 0 saturated heterocycles. The molecule has 1 amide bonds. The number of carbonyl (C=O) groups excluding carboxylic acids is 1. The van der Waals surface area contributed by atoms with Crippen LogP contribution in [0, 0.1) is 5.92 Å². The van der Waals surface area contributed by atoms with Crippen LogP contribution < -0.4 is 5.32 Å². The van der Waals surface area contributed by atoms with Gasteiger partial charge in [0.05, 0.1) is 0 Å². The molecule has 0 bridgehead atoms. The smallest absolute Gasteiger partial charge is 0.220 e. The van der Waals surface area contributed by atoms with Crippen molar-refractivity contribution >= 4 is 5.91 Å². The molecule has 1 fully saturated rings. The van der Waals surface area contributed by atoms with E-state index in [0.29, 0.717) is 31.4 Å². The van der Waals surface area contributed by atoms with Crippen molar-refractivity contribution in [2.45, 2.75) is 31.6 Å². The first kappa shape index (κ1) is 14.1. The Bertz CT molecular complexity index is 387. The number of methoxy groups -OCH3 is 1. The average molecular weight is 261 g/mol. The van der Waals surface area contributed by atoms with E-state index >= 15 is 0 Å². The van der Waals surface area contributed by atoms with Crippen LogP contribution in [0.4, 0.5) is 0 Å². The third kappa shape index (κ3) is 4.67. The molecular formula is C16H23NO2. The summed E-state index contributed by atoms with van der Waals surface area (Å²) in [4.78, 5) is 12.0. The van der Waals surface area contributed by atoms with Crippen LogP contribution in [0.5, 0.6) is 0 Å². The molecule has 0 aromatic heterocycles. The summed E-state index contributed by atoms with van der Waals surface area (Å²) in [5.41, 5.74) is 1.30. The summed E-state index contributed by atoms with van der Waals surface area (Å²) in [5.74, 6) is 1.26. The average Bonchev–Trinajstić information content (AvgIpc) is 3.26. The van der Waals surface area contributed by atoms with E-state index in [1.54, 1.807) is 7.11 Å². The van der Waals surface area contributed by atoms with E-state index in [1.165, 1.54) is 18.4 Å². The molecule has 1 unspecified atom stereocenters. The van der Waals surface area contributed by atoms with Crippen molar-refractivity contribution in [2.24, 2.45) is 5.92 Å². The Morgan fingerprint density at radius 1 is 1.37 bits per heavy atom. The fraction of sp³-hybridized carbons (Fsp3) is 0.562. The van der Waals surface area contributed by atoms with E-state index < -0.39 is 0 Å². The normalized spacial score (nSPS) is 16.1. The predicted molar refractivity (Wildman–Crippen MR) is 76.0 cm³/mol. The van der Waals surface area contributed by atoms with Gasteiger partial charge in [0.1, 0.15) is 0 Å². The highest BCUT2D eigenvalue weighted by Gasteiger charge is 2.33. The molecule has 1 N–H and O–H groups in total. The minimum absolute atomic E-state index is 0.164. The standard InChI is InChI=1S/C16H23NO2/c1-19-11-5-10-17-16(18)12-15(14-8-9-14)13-6-3-2-4-7-13/h2-4,6-7,14-15H,5,8-12H2,1H3,(H,17,18). The first-order valence-electron chi connectivity index (χ1n) is 7.12. The van der Waals surface area contributed by atoms with Crippen LogP contribution in [0.1, 0.15) is 37.2 Å². The highest BCUT2D eigenvalue weighted by atomic mass is 16.5. The van der Waals surface area contributed by atoms with Crippen molar-refractivity contribution in [2.75, 3.05) is 20.3 Å². The Morgan fingerprint density at radius 3 is 2.74 bits per heavy atom. The Morgan fingerprint density at radius 2 is 2.11 bits per heavy atom. The van der Waals surface area contributed by atoms with Crippen LogP contribution in [0.3, 0.4) is 0 Å². The third-order valence-corrected chi connectivity index (χ3v) is 3.67. The number of hydrogen-bond donors (Lipinski definition) is 1. The van der Waals surface area contributed by atoms with Crippen LogP contribution in [0.15, 0.2) is 30.3 Å². The van der Waals surface area contributed by atoms with Gasteiger partial charge in [-0.2, -0.15) is 0 Å². The van der Waals surface area contributed by atoms with E-state index in [-0.39, 0.29) is 5.91 Å². The molecule has 0 heterocycles. The topological polar surface area (TPSA) is 38.3 Å². The van der Waals surface area contributed by atoms with Crippen LogP contribution in [-0.4, -0.2) is 26.2 Å². The zero-order valence-corrected chi connectivity index (χ0v) is 11.6. The number of nitrogens with one attached hydrogen (secondary N) is 1. The molecule has 3 nitrogen and oxygen atoms in total. The second-order valence-corrected chi connectivity index (χ2v) is 5.26. The minimum atomic E-state index is 0.164. The van der Waals surface area contributed by atoms with E-state index in [9.17, 15) is 4.79 Å². The van der Waals surface area contributed by atoms with Crippen LogP contribution in [0.25, 0.3) is 0 Å². The predicted octanol–water partition coefficient (Wildman–Crippen LogP) is 2.72. The molecule has 1 aromatic rings.